The molecule has 0 fully saturated rings. The summed E-state index contributed by atoms with van der Waals surface area (Å²) in [4.78, 5) is 11.4. The molecular formula is C17H25NO4. The number of carbonyl (C=O) groups excluding carboxylic acids is 1. The normalized spacial score (nSPS) is 13.6. The summed E-state index contributed by atoms with van der Waals surface area (Å²) in [6.07, 6.45) is 4.97. The highest BCUT2D eigenvalue weighted by Crippen LogP contribution is 2.27. The minimum absolute atomic E-state index is 0.0722. The van der Waals surface area contributed by atoms with Crippen molar-refractivity contribution in [2.24, 2.45) is 0 Å². The van der Waals surface area contributed by atoms with Crippen LogP contribution in [0.3, 0.4) is 0 Å². The fraction of sp³-hybridized carbons (Fsp3) is 0.588. The monoisotopic (exact) mass is 307 g/mol. The summed E-state index contributed by atoms with van der Waals surface area (Å²) in [6, 6.07) is 5.88. The van der Waals surface area contributed by atoms with E-state index in [9.17, 15) is 4.79 Å². The zero-order chi connectivity index (χ0) is 15.6. The van der Waals surface area contributed by atoms with Crippen LogP contribution in [-0.4, -0.2) is 37.4 Å². The van der Waals surface area contributed by atoms with Crippen molar-refractivity contribution in [3.8, 4) is 5.75 Å². The van der Waals surface area contributed by atoms with Crippen LogP contribution in [0.5, 0.6) is 5.75 Å². The lowest BCUT2D eigenvalue weighted by Gasteiger charge is -2.17. The Kier molecular flexibility index (Phi) is 7.19. The first-order chi connectivity index (χ1) is 10.8. The van der Waals surface area contributed by atoms with Crippen LogP contribution in [0, 0.1) is 0 Å². The summed E-state index contributed by atoms with van der Waals surface area (Å²) in [5, 5.41) is 11.5. The molecule has 0 aliphatic carbocycles. The molecule has 1 amide bonds. The van der Waals surface area contributed by atoms with Gasteiger partial charge in [0.05, 0.1) is 6.61 Å². The van der Waals surface area contributed by atoms with Gasteiger partial charge in [0, 0.05) is 38.0 Å². The fourth-order valence-corrected chi connectivity index (χ4v) is 2.35. The van der Waals surface area contributed by atoms with Crippen molar-refractivity contribution >= 4 is 11.6 Å². The third kappa shape index (κ3) is 5.66. The van der Waals surface area contributed by atoms with Crippen LogP contribution < -0.4 is 10.1 Å². The van der Waals surface area contributed by atoms with Crippen molar-refractivity contribution in [3.05, 3.63) is 23.8 Å². The molecule has 0 radical (unpaired) electrons. The number of rotatable bonds is 10. The number of nitrogens with one attached hydrogen (secondary N) is 1. The first kappa shape index (κ1) is 16.8. The number of hydrogen-bond donors (Lipinski definition) is 2. The number of carbonyl (C=O) groups is 1. The maximum Gasteiger partial charge on any atom is 0.224 e. The number of amides is 1. The van der Waals surface area contributed by atoms with Crippen molar-refractivity contribution in [1.82, 2.24) is 0 Å². The van der Waals surface area contributed by atoms with Gasteiger partial charge in [-0.25, -0.2) is 0 Å². The van der Waals surface area contributed by atoms with Gasteiger partial charge in [0.15, 0.2) is 0 Å². The molecule has 0 spiro atoms. The van der Waals surface area contributed by atoms with E-state index in [1.54, 1.807) is 0 Å². The third-order valence-corrected chi connectivity index (χ3v) is 3.63. The molecule has 1 aliphatic heterocycles. The number of anilines is 1. The predicted molar refractivity (Wildman–Crippen MR) is 85.3 cm³/mol. The molecule has 0 saturated carbocycles. The quantitative estimate of drug-likeness (QED) is 0.652. The minimum Gasteiger partial charge on any atom is -0.494 e. The summed E-state index contributed by atoms with van der Waals surface area (Å²) in [7, 11) is 0. The van der Waals surface area contributed by atoms with Crippen LogP contribution in [0.2, 0.25) is 0 Å². The Hall–Kier alpha value is -1.59. The van der Waals surface area contributed by atoms with Gasteiger partial charge in [0.1, 0.15) is 5.75 Å². The van der Waals surface area contributed by atoms with Crippen LogP contribution in [0.15, 0.2) is 18.2 Å². The van der Waals surface area contributed by atoms with Gasteiger partial charge in [-0.2, -0.15) is 0 Å². The molecule has 1 aromatic rings. The molecule has 22 heavy (non-hydrogen) atoms. The van der Waals surface area contributed by atoms with Crippen LogP contribution in [0.25, 0.3) is 0 Å². The topological polar surface area (TPSA) is 67.8 Å². The Morgan fingerprint density at radius 1 is 1.05 bits per heavy atom. The molecule has 0 saturated heterocycles. The number of benzene rings is 1. The van der Waals surface area contributed by atoms with Crippen LogP contribution in [-0.2, 0) is 16.0 Å². The highest BCUT2D eigenvalue weighted by molar-refractivity contribution is 5.94. The second kappa shape index (κ2) is 9.43. The molecule has 0 aromatic heterocycles. The van der Waals surface area contributed by atoms with Crippen molar-refractivity contribution in [2.75, 3.05) is 31.7 Å². The van der Waals surface area contributed by atoms with Gasteiger partial charge in [0.25, 0.3) is 0 Å². The molecule has 2 N–H and O–H groups in total. The highest BCUT2D eigenvalue weighted by atomic mass is 16.5. The minimum atomic E-state index is 0.0722. The number of aryl methyl sites for hydroxylation is 1. The van der Waals surface area contributed by atoms with Crippen LogP contribution in [0.1, 0.15) is 37.7 Å². The van der Waals surface area contributed by atoms with E-state index in [-0.39, 0.29) is 12.5 Å². The van der Waals surface area contributed by atoms with E-state index in [4.69, 9.17) is 14.6 Å². The van der Waals surface area contributed by atoms with Crippen LogP contribution in [0.4, 0.5) is 5.69 Å². The molecule has 1 aromatic carbocycles. The maximum absolute atomic E-state index is 11.4. The Morgan fingerprint density at radius 2 is 1.82 bits per heavy atom. The number of unbranched alkanes of at least 4 members (excludes halogenated alkanes) is 2. The standard InChI is InChI=1S/C17H25NO4/c19-9-1-2-10-21-11-3-4-12-22-15-7-5-14-6-8-17(20)18-16(14)13-15/h5,7,13,19H,1-4,6,8-12H2,(H,18,20). The molecule has 5 heteroatoms. The van der Waals surface area contributed by atoms with Gasteiger partial charge in [-0.1, -0.05) is 6.07 Å². The number of aliphatic hydroxyl groups is 1. The molecule has 0 atom stereocenters. The molecule has 5 nitrogen and oxygen atoms in total. The Labute approximate surface area is 131 Å². The average molecular weight is 307 g/mol. The fourth-order valence-electron chi connectivity index (χ4n) is 2.35. The average Bonchev–Trinajstić information content (AvgIpc) is 2.53. The lowest BCUT2D eigenvalue weighted by molar-refractivity contribution is -0.116. The van der Waals surface area contributed by atoms with Gasteiger partial charge >= 0.3 is 0 Å². The maximum atomic E-state index is 11.4. The number of ether oxygens (including phenoxy) is 2. The Bertz CT molecular complexity index is 476. The second-order valence-electron chi connectivity index (χ2n) is 5.47. The van der Waals surface area contributed by atoms with Crippen molar-refractivity contribution in [3.63, 3.8) is 0 Å². The SMILES string of the molecule is O=C1CCc2ccc(OCCCCOCCCCO)cc2N1. The molecule has 122 valence electrons. The summed E-state index contributed by atoms with van der Waals surface area (Å²) in [6.45, 7) is 2.33. The van der Waals surface area contributed by atoms with Gasteiger partial charge in [-0.15, -0.1) is 0 Å². The predicted octanol–water partition coefficient (Wildman–Crippen LogP) is 2.52. The summed E-state index contributed by atoms with van der Waals surface area (Å²) < 4.78 is 11.2. The molecule has 1 heterocycles. The summed E-state index contributed by atoms with van der Waals surface area (Å²) in [5.41, 5.74) is 2.05. The summed E-state index contributed by atoms with van der Waals surface area (Å²) in [5.74, 6) is 0.868. The summed E-state index contributed by atoms with van der Waals surface area (Å²) >= 11 is 0. The van der Waals surface area contributed by atoms with E-state index in [1.807, 2.05) is 18.2 Å². The zero-order valence-electron chi connectivity index (χ0n) is 13.0. The molecule has 1 aliphatic rings. The zero-order valence-corrected chi connectivity index (χ0v) is 13.0. The number of aliphatic hydroxyl groups excluding tert-OH is 1. The van der Waals surface area contributed by atoms with E-state index in [0.29, 0.717) is 19.6 Å². The van der Waals surface area contributed by atoms with Crippen molar-refractivity contribution in [1.29, 1.82) is 0 Å². The third-order valence-electron chi connectivity index (χ3n) is 3.63. The van der Waals surface area contributed by atoms with E-state index in [0.717, 1.165) is 50.1 Å². The van der Waals surface area contributed by atoms with Crippen molar-refractivity contribution < 1.29 is 19.4 Å². The van der Waals surface area contributed by atoms with Gasteiger partial charge in [-0.3, -0.25) is 4.79 Å². The van der Waals surface area contributed by atoms with Gasteiger partial charge in [-0.05, 0) is 43.7 Å². The Balaban J connectivity index is 1.59. The van der Waals surface area contributed by atoms with E-state index in [2.05, 4.69) is 5.32 Å². The number of hydrogen-bond acceptors (Lipinski definition) is 4. The van der Waals surface area contributed by atoms with E-state index >= 15 is 0 Å². The number of fused-ring (bicyclic) bond motifs is 1. The van der Waals surface area contributed by atoms with Gasteiger partial charge < -0.3 is 19.9 Å². The van der Waals surface area contributed by atoms with Crippen molar-refractivity contribution in [2.45, 2.75) is 38.5 Å². The van der Waals surface area contributed by atoms with Crippen LogP contribution >= 0.6 is 0 Å². The highest BCUT2D eigenvalue weighted by Gasteiger charge is 2.14. The second-order valence-corrected chi connectivity index (χ2v) is 5.47. The van der Waals surface area contributed by atoms with E-state index in [1.165, 1.54) is 5.56 Å². The lowest BCUT2D eigenvalue weighted by Crippen LogP contribution is -2.18. The molecular weight excluding hydrogens is 282 g/mol. The smallest absolute Gasteiger partial charge is 0.224 e. The van der Waals surface area contributed by atoms with E-state index < -0.39 is 0 Å². The molecule has 0 bridgehead atoms. The lowest BCUT2D eigenvalue weighted by atomic mass is 10.0. The van der Waals surface area contributed by atoms with Gasteiger partial charge in [0.2, 0.25) is 5.91 Å². The Morgan fingerprint density at radius 3 is 2.64 bits per heavy atom. The first-order valence-corrected chi connectivity index (χ1v) is 8.04. The molecule has 2 rings (SSSR count). The first-order valence-electron chi connectivity index (χ1n) is 8.04. The largest absolute Gasteiger partial charge is 0.494 e. The molecule has 0 unspecified atom stereocenters.